The number of halogens is 1. The van der Waals surface area contributed by atoms with Crippen molar-refractivity contribution in [2.24, 2.45) is 0 Å². The van der Waals surface area contributed by atoms with E-state index in [1.165, 1.54) is 12.3 Å². The standard InChI is InChI=1S/C11H12ClN5O2/c12-9-8(11(18)19)2-4-14-10(9)13-3-1-6-17-7-5-15-16-17/h2,4-5,7H,1,3,6H2,(H,13,14)(H,18,19). The van der Waals surface area contributed by atoms with E-state index in [9.17, 15) is 4.79 Å². The number of carboxylic acids is 1. The molecule has 2 N–H and O–H groups in total. The molecule has 0 fully saturated rings. The molecule has 0 radical (unpaired) electrons. The number of carboxylic acid groups (broad SMARTS) is 1. The average Bonchev–Trinajstić information content (AvgIpc) is 2.89. The molecule has 0 aliphatic rings. The molecule has 2 aromatic heterocycles. The third kappa shape index (κ3) is 3.41. The lowest BCUT2D eigenvalue weighted by Gasteiger charge is -2.08. The summed E-state index contributed by atoms with van der Waals surface area (Å²) in [5.74, 6) is -0.696. The summed E-state index contributed by atoms with van der Waals surface area (Å²) in [5.41, 5.74) is 0.0374. The van der Waals surface area contributed by atoms with Gasteiger partial charge in [-0.15, -0.1) is 5.10 Å². The number of carbonyl (C=O) groups is 1. The van der Waals surface area contributed by atoms with Gasteiger partial charge in [0, 0.05) is 25.5 Å². The molecule has 100 valence electrons. The predicted molar refractivity (Wildman–Crippen MR) is 69.3 cm³/mol. The van der Waals surface area contributed by atoms with E-state index in [0.717, 1.165) is 6.42 Å². The number of aryl methyl sites for hydroxylation is 1. The molecule has 8 heteroatoms. The van der Waals surface area contributed by atoms with Crippen LogP contribution in [0, 0.1) is 0 Å². The van der Waals surface area contributed by atoms with Crippen LogP contribution in [0.3, 0.4) is 0 Å². The fourth-order valence-corrected chi connectivity index (χ4v) is 1.79. The van der Waals surface area contributed by atoms with Crippen LogP contribution in [0.1, 0.15) is 16.8 Å². The van der Waals surface area contributed by atoms with Crippen LogP contribution in [0.2, 0.25) is 5.02 Å². The van der Waals surface area contributed by atoms with E-state index in [2.05, 4.69) is 20.6 Å². The largest absolute Gasteiger partial charge is 0.478 e. The minimum Gasteiger partial charge on any atom is -0.478 e. The molecule has 0 spiro atoms. The van der Waals surface area contributed by atoms with Gasteiger partial charge in [0.25, 0.3) is 0 Å². The summed E-state index contributed by atoms with van der Waals surface area (Å²) in [4.78, 5) is 14.9. The third-order valence-electron chi connectivity index (χ3n) is 2.45. The summed E-state index contributed by atoms with van der Waals surface area (Å²) in [7, 11) is 0. The molecular formula is C11H12ClN5O2. The van der Waals surface area contributed by atoms with E-state index in [1.54, 1.807) is 17.1 Å². The van der Waals surface area contributed by atoms with Crippen molar-refractivity contribution in [3.8, 4) is 0 Å². The van der Waals surface area contributed by atoms with Crippen LogP contribution in [0.5, 0.6) is 0 Å². The summed E-state index contributed by atoms with van der Waals surface area (Å²) in [6, 6.07) is 1.37. The van der Waals surface area contributed by atoms with Gasteiger partial charge < -0.3 is 10.4 Å². The van der Waals surface area contributed by atoms with E-state index in [0.29, 0.717) is 18.9 Å². The summed E-state index contributed by atoms with van der Waals surface area (Å²) in [6.07, 6.45) is 5.59. The maximum absolute atomic E-state index is 10.9. The second-order valence-electron chi connectivity index (χ2n) is 3.77. The Morgan fingerprint density at radius 2 is 2.32 bits per heavy atom. The van der Waals surface area contributed by atoms with Crippen LogP contribution >= 0.6 is 11.6 Å². The average molecular weight is 282 g/mol. The minimum atomic E-state index is -1.07. The molecule has 0 unspecified atom stereocenters. The first-order valence-corrected chi connectivity index (χ1v) is 6.02. The first-order valence-electron chi connectivity index (χ1n) is 5.64. The Morgan fingerprint density at radius 3 is 3.00 bits per heavy atom. The second kappa shape index (κ2) is 6.14. The molecular weight excluding hydrogens is 270 g/mol. The normalized spacial score (nSPS) is 10.4. The maximum atomic E-state index is 10.9. The van der Waals surface area contributed by atoms with Gasteiger partial charge in [0.15, 0.2) is 0 Å². The molecule has 0 saturated heterocycles. The zero-order valence-electron chi connectivity index (χ0n) is 9.95. The van der Waals surface area contributed by atoms with E-state index < -0.39 is 5.97 Å². The molecule has 0 bridgehead atoms. The summed E-state index contributed by atoms with van der Waals surface area (Å²) in [6.45, 7) is 1.32. The summed E-state index contributed by atoms with van der Waals surface area (Å²) >= 11 is 5.95. The summed E-state index contributed by atoms with van der Waals surface area (Å²) in [5, 5.41) is 19.6. The number of hydrogen-bond donors (Lipinski definition) is 2. The zero-order valence-corrected chi connectivity index (χ0v) is 10.7. The second-order valence-corrected chi connectivity index (χ2v) is 4.15. The number of rotatable bonds is 6. The highest BCUT2D eigenvalue weighted by Crippen LogP contribution is 2.23. The lowest BCUT2D eigenvalue weighted by atomic mass is 10.2. The van der Waals surface area contributed by atoms with E-state index >= 15 is 0 Å². The van der Waals surface area contributed by atoms with Gasteiger partial charge in [0.1, 0.15) is 5.82 Å². The number of anilines is 1. The predicted octanol–water partition coefficient (Wildman–Crippen LogP) is 1.53. The highest BCUT2D eigenvalue weighted by molar-refractivity contribution is 6.35. The van der Waals surface area contributed by atoms with Crippen molar-refractivity contribution >= 4 is 23.4 Å². The van der Waals surface area contributed by atoms with Gasteiger partial charge in [-0.25, -0.2) is 9.78 Å². The summed E-state index contributed by atoms with van der Waals surface area (Å²) < 4.78 is 1.71. The van der Waals surface area contributed by atoms with Crippen molar-refractivity contribution in [1.29, 1.82) is 0 Å². The molecule has 7 nitrogen and oxygen atoms in total. The molecule has 0 aliphatic heterocycles. The molecule has 0 aromatic carbocycles. The van der Waals surface area contributed by atoms with Gasteiger partial charge in [-0.2, -0.15) is 0 Å². The Kier molecular flexibility index (Phi) is 4.30. The maximum Gasteiger partial charge on any atom is 0.337 e. The van der Waals surface area contributed by atoms with Gasteiger partial charge in [0.2, 0.25) is 0 Å². The molecule has 2 heterocycles. The third-order valence-corrected chi connectivity index (χ3v) is 2.83. The van der Waals surface area contributed by atoms with Crippen molar-refractivity contribution in [2.45, 2.75) is 13.0 Å². The molecule has 0 atom stereocenters. The first-order chi connectivity index (χ1) is 9.18. The quantitative estimate of drug-likeness (QED) is 0.780. The Hall–Kier alpha value is -2.15. The lowest BCUT2D eigenvalue weighted by Crippen LogP contribution is -2.10. The van der Waals surface area contributed by atoms with Crippen LogP contribution in [-0.2, 0) is 6.54 Å². The number of nitrogens with one attached hydrogen (secondary N) is 1. The van der Waals surface area contributed by atoms with Crippen LogP contribution in [-0.4, -0.2) is 37.6 Å². The van der Waals surface area contributed by atoms with E-state index in [-0.39, 0.29) is 10.6 Å². The van der Waals surface area contributed by atoms with Crippen molar-refractivity contribution < 1.29 is 9.90 Å². The topological polar surface area (TPSA) is 92.9 Å². The number of aromatic carboxylic acids is 1. The minimum absolute atomic E-state index is 0.0374. The molecule has 2 rings (SSSR count). The van der Waals surface area contributed by atoms with Crippen LogP contribution in [0.25, 0.3) is 0 Å². The van der Waals surface area contributed by atoms with Crippen LogP contribution in [0.15, 0.2) is 24.7 Å². The molecule has 0 amide bonds. The van der Waals surface area contributed by atoms with Crippen LogP contribution in [0.4, 0.5) is 5.82 Å². The van der Waals surface area contributed by atoms with E-state index in [1.807, 2.05) is 0 Å². The van der Waals surface area contributed by atoms with Crippen molar-refractivity contribution in [1.82, 2.24) is 20.0 Å². The number of hydrogen-bond acceptors (Lipinski definition) is 5. The van der Waals surface area contributed by atoms with Crippen LogP contribution < -0.4 is 5.32 Å². The highest BCUT2D eigenvalue weighted by Gasteiger charge is 2.12. The number of pyridine rings is 1. The fraction of sp³-hybridized carbons (Fsp3) is 0.273. The number of nitrogens with zero attached hydrogens (tertiary/aromatic N) is 4. The SMILES string of the molecule is O=C(O)c1ccnc(NCCCn2ccnn2)c1Cl. The Balaban J connectivity index is 1.89. The van der Waals surface area contributed by atoms with E-state index in [4.69, 9.17) is 16.7 Å². The molecule has 19 heavy (non-hydrogen) atoms. The van der Waals surface area contributed by atoms with Gasteiger partial charge in [0.05, 0.1) is 16.8 Å². The van der Waals surface area contributed by atoms with Gasteiger partial charge in [-0.1, -0.05) is 16.8 Å². The van der Waals surface area contributed by atoms with Crippen molar-refractivity contribution in [3.63, 3.8) is 0 Å². The number of aromatic nitrogens is 4. The lowest BCUT2D eigenvalue weighted by molar-refractivity contribution is 0.0697. The Morgan fingerprint density at radius 1 is 1.47 bits per heavy atom. The van der Waals surface area contributed by atoms with Gasteiger partial charge in [-0.05, 0) is 12.5 Å². The smallest absolute Gasteiger partial charge is 0.337 e. The molecule has 0 saturated carbocycles. The Labute approximate surface area is 114 Å². The van der Waals surface area contributed by atoms with Crippen molar-refractivity contribution in [2.75, 3.05) is 11.9 Å². The Bertz CT molecular complexity index is 558. The van der Waals surface area contributed by atoms with Gasteiger partial charge >= 0.3 is 5.97 Å². The monoisotopic (exact) mass is 281 g/mol. The van der Waals surface area contributed by atoms with Crippen molar-refractivity contribution in [3.05, 3.63) is 35.2 Å². The molecule has 2 aromatic rings. The fourth-order valence-electron chi connectivity index (χ4n) is 1.53. The first kappa shape index (κ1) is 13.3. The highest BCUT2D eigenvalue weighted by atomic mass is 35.5. The van der Waals surface area contributed by atoms with Gasteiger partial charge in [-0.3, -0.25) is 4.68 Å². The zero-order chi connectivity index (χ0) is 13.7. The molecule has 0 aliphatic carbocycles.